The predicted octanol–water partition coefficient (Wildman–Crippen LogP) is 2.95. The SMILES string of the molecule is O=C(O)c1cccc2ncccc12.c1cc[nH]c1. The third-order valence-electron chi connectivity index (χ3n) is 2.37. The molecule has 0 unspecified atom stereocenters. The third kappa shape index (κ3) is 2.74. The maximum absolute atomic E-state index is 10.8. The number of carbonyl (C=O) groups is 1. The smallest absolute Gasteiger partial charge is 0.336 e. The Morgan fingerprint density at radius 1 is 1.06 bits per heavy atom. The van der Waals surface area contributed by atoms with Crippen LogP contribution in [-0.4, -0.2) is 21.0 Å². The van der Waals surface area contributed by atoms with Crippen molar-refractivity contribution in [3.05, 3.63) is 66.6 Å². The highest BCUT2D eigenvalue weighted by molar-refractivity contribution is 6.02. The second-order valence-electron chi connectivity index (χ2n) is 3.57. The first-order valence-corrected chi connectivity index (χ1v) is 5.44. The molecule has 18 heavy (non-hydrogen) atoms. The second kappa shape index (κ2) is 5.63. The largest absolute Gasteiger partial charge is 0.478 e. The Labute approximate surface area is 104 Å². The van der Waals surface area contributed by atoms with Crippen molar-refractivity contribution in [2.75, 3.05) is 0 Å². The van der Waals surface area contributed by atoms with Crippen molar-refractivity contribution < 1.29 is 9.90 Å². The van der Waals surface area contributed by atoms with Crippen LogP contribution in [0.3, 0.4) is 0 Å². The van der Waals surface area contributed by atoms with Gasteiger partial charge >= 0.3 is 5.97 Å². The fourth-order valence-corrected chi connectivity index (χ4v) is 1.57. The van der Waals surface area contributed by atoms with Crippen LogP contribution in [0.1, 0.15) is 10.4 Å². The molecule has 0 amide bonds. The summed E-state index contributed by atoms with van der Waals surface area (Å²) >= 11 is 0. The molecule has 0 aliphatic carbocycles. The summed E-state index contributed by atoms with van der Waals surface area (Å²) < 4.78 is 0. The highest BCUT2D eigenvalue weighted by Crippen LogP contribution is 2.15. The number of nitrogens with one attached hydrogen (secondary N) is 1. The zero-order chi connectivity index (χ0) is 12.8. The second-order valence-corrected chi connectivity index (χ2v) is 3.57. The van der Waals surface area contributed by atoms with E-state index in [2.05, 4.69) is 9.97 Å². The Morgan fingerprint density at radius 3 is 2.44 bits per heavy atom. The van der Waals surface area contributed by atoms with E-state index < -0.39 is 5.97 Å². The zero-order valence-electron chi connectivity index (χ0n) is 9.58. The Hall–Kier alpha value is -2.62. The molecule has 4 nitrogen and oxygen atoms in total. The van der Waals surface area contributed by atoms with Gasteiger partial charge in [0.1, 0.15) is 0 Å². The fourth-order valence-electron chi connectivity index (χ4n) is 1.57. The van der Waals surface area contributed by atoms with E-state index in [0.717, 1.165) is 0 Å². The van der Waals surface area contributed by atoms with Gasteiger partial charge in [0.15, 0.2) is 0 Å². The Bertz CT molecular complexity index is 611. The van der Waals surface area contributed by atoms with Crippen molar-refractivity contribution in [2.24, 2.45) is 0 Å². The van der Waals surface area contributed by atoms with Crippen LogP contribution in [0.15, 0.2) is 61.1 Å². The van der Waals surface area contributed by atoms with E-state index in [-0.39, 0.29) is 0 Å². The summed E-state index contributed by atoms with van der Waals surface area (Å²) in [4.78, 5) is 17.7. The standard InChI is InChI=1S/C10H7NO2.C4H5N/c12-10(13)8-3-1-5-9-7(8)4-2-6-11-9;1-2-4-5-3-1/h1-6H,(H,12,13);1-5H. The average Bonchev–Trinajstić information content (AvgIpc) is 2.97. The lowest BCUT2D eigenvalue weighted by Gasteiger charge is -1.99. The molecule has 0 bridgehead atoms. The summed E-state index contributed by atoms with van der Waals surface area (Å²) in [6, 6.07) is 12.4. The van der Waals surface area contributed by atoms with E-state index >= 15 is 0 Å². The van der Waals surface area contributed by atoms with Gasteiger partial charge in [0.05, 0.1) is 11.1 Å². The molecule has 2 N–H and O–H groups in total. The van der Waals surface area contributed by atoms with E-state index in [1.165, 1.54) is 0 Å². The molecule has 0 aliphatic heterocycles. The van der Waals surface area contributed by atoms with Crippen molar-refractivity contribution >= 4 is 16.9 Å². The number of hydrogen-bond acceptors (Lipinski definition) is 2. The highest BCUT2D eigenvalue weighted by Gasteiger charge is 2.06. The van der Waals surface area contributed by atoms with Crippen LogP contribution in [-0.2, 0) is 0 Å². The van der Waals surface area contributed by atoms with Crippen molar-refractivity contribution in [1.82, 2.24) is 9.97 Å². The van der Waals surface area contributed by atoms with Gasteiger partial charge in [-0.25, -0.2) is 4.79 Å². The predicted molar refractivity (Wildman–Crippen MR) is 69.5 cm³/mol. The number of hydrogen-bond donors (Lipinski definition) is 2. The number of H-pyrrole nitrogens is 1. The van der Waals surface area contributed by atoms with Crippen LogP contribution in [0.5, 0.6) is 0 Å². The molecule has 1 aromatic carbocycles. The van der Waals surface area contributed by atoms with Gasteiger partial charge in [0.25, 0.3) is 0 Å². The fraction of sp³-hybridized carbons (Fsp3) is 0. The average molecular weight is 240 g/mol. The van der Waals surface area contributed by atoms with Gasteiger partial charge in [-0.05, 0) is 30.3 Å². The van der Waals surface area contributed by atoms with Crippen LogP contribution in [0.25, 0.3) is 10.9 Å². The maximum Gasteiger partial charge on any atom is 0.336 e. The van der Waals surface area contributed by atoms with Gasteiger partial charge in [0.2, 0.25) is 0 Å². The first-order valence-electron chi connectivity index (χ1n) is 5.44. The van der Waals surface area contributed by atoms with Gasteiger partial charge in [-0.1, -0.05) is 12.1 Å². The number of fused-ring (bicyclic) bond motifs is 1. The summed E-state index contributed by atoms with van der Waals surface area (Å²) in [5, 5.41) is 9.53. The number of aromatic nitrogens is 2. The number of pyridine rings is 1. The lowest BCUT2D eigenvalue weighted by molar-refractivity contribution is 0.0699. The van der Waals surface area contributed by atoms with Gasteiger partial charge in [-0.15, -0.1) is 0 Å². The molecular formula is C14H12N2O2. The van der Waals surface area contributed by atoms with Crippen LogP contribution < -0.4 is 0 Å². The van der Waals surface area contributed by atoms with Crippen molar-refractivity contribution in [1.29, 1.82) is 0 Å². The molecule has 2 aromatic heterocycles. The molecule has 0 radical (unpaired) electrons. The number of carboxylic acid groups (broad SMARTS) is 1. The molecule has 3 rings (SSSR count). The molecule has 2 heterocycles. The van der Waals surface area contributed by atoms with Crippen LogP contribution in [0.4, 0.5) is 0 Å². The summed E-state index contributed by atoms with van der Waals surface area (Å²) in [6.07, 6.45) is 5.40. The Morgan fingerprint density at radius 2 is 1.83 bits per heavy atom. The summed E-state index contributed by atoms with van der Waals surface area (Å²) in [5.74, 6) is -0.918. The van der Waals surface area contributed by atoms with Gasteiger partial charge in [0, 0.05) is 24.0 Å². The summed E-state index contributed by atoms with van der Waals surface area (Å²) in [6.45, 7) is 0. The highest BCUT2D eigenvalue weighted by atomic mass is 16.4. The number of benzene rings is 1. The third-order valence-corrected chi connectivity index (χ3v) is 2.37. The quantitative estimate of drug-likeness (QED) is 0.687. The van der Waals surface area contributed by atoms with Crippen molar-refractivity contribution in [3.8, 4) is 0 Å². The minimum absolute atomic E-state index is 0.297. The number of nitrogens with zero attached hydrogens (tertiary/aromatic N) is 1. The lowest BCUT2D eigenvalue weighted by Crippen LogP contribution is -1.97. The van der Waals surface area contributed by atoms with Gasteiger partial charge < -0.3 is 10.1 Å². The monoisotopic (exact) mass is 240 g/mol. The molecule has 0 atom stereocenters. The Kier molecular flexibility index (Phi) is 3.71. The molecule has 90 valence electrons. The number of aromatic carboxylic acids is 1. The number of rotatable bonds is 1. The van der Waals surface area contributed by atoms with Crippen molar-refractivity contribution in [2.45, 2.75) is 0 Å². The van der Waals surface area contributed by atoms with E-state index in [1.54, 1.807) is 36.5 Å². The molecule has 0 fully saturated rings. The maximum atomic E-state index is 10.8. The topological polar surface area (TPSA) is 66.0 Å². The molecule has 0 aliphatic rings. The summed E-state index contributed by atoms with van der Waals surface area (Å²) in [7, 11) is 0. The van der Waals surface area contributed by atoms with Gasteiger partial charge in [-0.3, -0.25) is 4.98 Å². The lowest BCUT2D eigenvalue weighted by atomic mass is 10.1. The molecule has 3 aromatic rings. The molecule has 4 heteroatoms. The number of carboxylic acids is 1. The van der Waals surface area contributed by atoms with Crippen molar-refractivity contribution in [3.63, 3.8) is 0 Å². The van der Waals surface area contributed by atoms with Crippen LogP contribution in [0, 0.1) is 0 Å². The molecule has 0 saturated heterocycles. The van der Waals surface area contributed by atoms with Gasteiger partial charge in [-0.2, -0.15) is 0 Å². The minimum atomic E-state index is -0.918. The molecular weight excluding hydrogens is 228 g/mol. The van der Waals surface area contributed by atoms with E-state index in [0.29, 0.717) is 16.5 Å². The first kappa shape index (κ1) is 11.9. The minimum Gasteiger partial charge on any atom is -0.478 e. The van der Waals surface area contributed by atoms with E-state index in [4.69, 9.17) is 5.11 Å². The zero-order valence-corrected chi connectivity index (χ0v) is 9.58. The van der Waals surface area contributed by atoms with E-state index in [1.807, 2.05) is 24.5 Å². The first-order chi connectivity index (χ1) is 8.79. The van der Waals surface area contributed by atoms with Crippen LogP contribution >= 0.6 is 0 Å². The molecule has 0 saturated carbocycles. The Balaban J connectivity index is 0.000000202. The van der Waals surface area contributed by atoms with E-state index in [9.17, 15) is 4.79 Å². The van der Waals surface area contributed by atoms with Crippen LogP contribution in [0.2, 0.25) is 0 Å². The number of aromatic amines is 1. The normalized spacial score (nSPS) is 9.56. The summed E-state index contributed by atoms with van der Waals surface area (Å²) in [5.41, 5.74) is 1.01. The molecule has 0 spiro atoms.